The zero-order valence-electron chi connectivity index (χ0n) is 26.1. The SMILES string of the molecule is CCCCCCSC1=C(SCCCCCCSC(C)=O)SC(=C2SC3=C(SCCOCCOCCOCCOCCS3)S2)S1. The number of hydrogen-bond donors (Lipinski definition) is 0. The summed E-state index contributed by atoms with van der Waals surface area (Å²) >= 11 is 17.4. The molecule has 3 rings (SSSR count). The van der Waals surface area contributed by atoms with Crippen LogP contribution in [0.15, 0.2) is 25.4 Å². The summed E-state index contributed by atoms with van der Waals surface area (Å²) in [7, 11) is 0. The topological polar surface area (TPSA) is 54.0 Å². The van der Waals surface area contributed by atoms with Crippen molar-refractivity contribution in [2.24, 2.45) is 0 Å². The molecule has 0 aromatic carbocycles. The Morgan fingerprint density at radius 3 is 1.48 bits per heavy atom. The van der Waals surface area contributed by atoms with E-state index in [1.165, 1.54) is 93.6 Å². The largest absolute Gasteiger partial charge is 0.378 e. The Morgan fingerprint density at radius 1 is 0.568 bits per heavy atom. The Bertz CT molecular complexity index is 897. The fourth-order valence-electron chi connectivity index (χ4n) is 3.85. The minimum Gasteiger partial charge on any atom is -0.378 e. The van der Waals surface area contributed by atoms with E-state index in [1.807, 2.05) is 70.6 Å². The van der Waals surface area contributed by atoms with Crippen LogP contribution >= 0.6 is 106 Å². The average Bonchev–Trinajstić information content (AvgIpc) is 3.61. The first-order valence-electron chi connectivity index (χ1n) is 15.6. The number of carbonyl (C=O) groups excluding carboxylic acids is 1. The van der Waals surface area contributed by atoms with Crippen LogP contribution in [-0.4, -0.2) is 86.7 Å². The van der Waals surface area contributed by atoms with Gasteiger partial charge in [-0.05, 0) is 30.8 Å². The molecule has 252 valence electrons. The van der Waals surface area contributed by atoms with Gasteiger partial charge in [-0.2, -0.15) is 0 Å². The molecule has 5 nitrogen and oxygen atoms in total. The summed E-state index contributed by atoms with van der Waals surface area (Å²) in [6.07, 6.45) is 10.1. The third-order valence-corrected chi connectivity index (χ3v) is 18.7. The summed E-state index contributed by atoms with van der Waals surface area (Å²) in [6.45, 7) is 9.06. The number of carbonyl (C=O) groups is 1. The zero-order chi connectivity index (χ0) is 31.1. The van der Waals surface area contributed by atoms with Crippen LogP contribution < -0.4 is 0 Å². The van der Waals surface area contributed by atoms with Crippen molar-refractivity contribution in [3.63, 3.8) is 0 Å². The van der Waals surface area contributed by atoms with Crippen LogP contribution in [-0.2, 0) is 23.7 Å². The van der Waals surface area contributed by atoms with E-state index in [2.05, 4.69) is 30.4 Å². The van der Waals surface area contributed by atoms with Crippen LogP contribution in [0.5, 0.6) is 0 Å². The van der Waals surface area contributed by atoms with E-state index < -0.39 is 0 Å². The molecule has 3 aliphatic rings. The fraction of sp³-hybridized carbons (Fsp3) is 0.767. The molecule has 0 spiro atoms. The smallest absolute Gasteiger partial charge is 0.185 e. The second kappa shape index (κ2) is 26.7. The molecule has 0 saturated heterocycles. The van der Waals surface area contributed by atoms with Gasteiger partial charge in [-0.15, -0.1) is 47.0 Å². The van der Waals surface area contributed by atoms with E-state index in [0.29, 0.717) is 39.6 Å². The number of thioether (sulfide) groups is 9. The quantitative estimate of drug-likeness (QED) is 0.157. The molecular formula is C30H48O5S9. The maximum Gasteiger partial charge on any atom is 0.185 e. The van der Waals surface area contributed by atoms with Crippen molar-refractivity contribution in [1.29, 1.82) is 0 Å². The number of ether oxygens (including phenoxy) is 4. The lowest BCUT2D eigenvalue weighted by atomic mass is 10.2. The van der Waals surface area contributed by atoms with E-state index in [-0.39, 0.29) is 5.12 Å². The molecule has 14 heteroatoms. The van der Waals surface area contributed by atoms with Crippen molar-refractivity contribution in [2.75, 3.05) is 81.6 Å². The van der Waals surface area contributed by atoms with Crippen molar-refractivity contribution in [2.45, 2.75) is 65.2 Å². The molecule has 0 aliphatic carbocycles. The predicted octanol–water partition coefficient (Wildman–Crippen LogP) is 10.8. The molecule has 44 heavy (non-hydrogen) atoms. The second-order valence-corrected chi connectivity index (χ2v) is 21.1. The van der Waals surface area contributed by atoms with Gasteiger partial charge in [-0.3, -0.25) is 4.79 Å². The van der Waals surface area contributed by atoms with Gasteiger partial charge in [0.15, 0.2) is 5.12 Å². The second-order valence-electron chi connectivity index (χ2n) is 9.79. The summed E-state index contributed by atoms with van der Waals surface area (Å²) in [5, 5.41) is 0.235. The van der Waals surface area contributed by atoms with Crippen molar-refractivity contribution in [3.8, 4) is 0 Å². The van der Waals surface area contributed by atoms with Crippen LogP contribution in [0.3, 0.4) is 0 Å². The lowest BCUT2D eigenvalue weighted by molar-refractivity contribution is -0.109. The molecule has 0 radical (unpaired) electrons. The molecule has 0 unspecified atom stereocenters. The molecule has 0 N–H and O–H groups in total. The lowest BCUT2D eigenvalue weighted by Gasteiger charge is -2.09. The molecule has 0 aromatic rings. The molecule has 3 aliphatic heterocycles. The van der Waals surface area contributed by atoms with E-state index in [1.54, 1.807) is 6.92 Å². The molecule has 0 saturated carbocycles. The predicted molar refractivity (Wildman–Crippen MR) is 210 cm³/mol. The van der Waals surface area contributed by atoms with Gasteiger partial charge in [0.1, 0.15) is 0 Å². The van der Waals surface area contributed by atoms with Gasteiger partial charge in [0.05, 0.1) is 78.3 Å². The van der Waals surface area contributed by atoms with E-state index in [4.69, 9.17) is 18.9 Å². The number of unbranched alkanes of at least 4 members (excludes halogenated alkanes) is 6. The van der Waals surface area contributed by atoms with Gasteiger partial charge in [0.2, 0.25) is 0 Å². The summed E-state index contributed by atoms with van der Waals surface area (Å²) in [5.41, 5.74) is 0. The van der Waals surface area contributed by atoms with Gasteiger partial charge in [0.25, 0.3) is 0 Å². The summed E-state index contributed by atoms with van der Waals surface area (Å²) in [6, 6.07) is 0. The highest BCUT2D eigenvalue weighted by molar-refractivity contribution is 8.45. The van der Waals surface area contributed by atoms with Crippen LogP contribution in [0.25, 0.3) is 0 Å². The van der Waals surface area contributed by atoms with Crippen LogP contribution in [0, 0.1) is 0 Å². The van der Waals surface area contributed by atoms with Crippen molar-refractivity contribution in [3.05, 3.63) is 25.4 Å². The normalized spacial score (nSPS) is 20.2. The van der Waals surface area contributed by atoms with Gasteiger partial charge in [0, 0.05) is 24.2 Å². The van der Waals surface area contributed by atoms with Gasteiger partial charge < -0.3 is 18.9 Å². The average molecular weight is 777 g/mol. The van der Waals surface area contributed by atoms with Gasteiger partial charge in [-0.25, -0.2) is 0 Å². The van der Waals surface area contributed by atoms with Crippen LogP contribution in [0.4, 0.5) is 0 Å². The van der Waals surface area contributed by atoms with Crippen LogP contribution in [0.1, 0.15) is 65.2 Å². The Morgan fingerprint density at radius 2 is 1.00 bits per heavy atom. The van der Waals surface area contributed by atoms with E-state index in [9.17, 15) is 4.79 Å². The number of rotatable bonds is 14. The first-order chi connectivity index (χ1) is 21.7. The lowest BCUT2D eigenvalue weighted by Crippen LogP contribution is -2.13. The molecule has 0 bridgehead atoms. The standard InChI is InChI=1S/C30H48O5S9/c1-3-4-5-8-20-37-25-26(38-21-10-7-6-9-19-36-24(2)31)42-29(41-25)30-43-27-28(44-30)40-23-18-35-16-14-33-12-11-32-13-15-34-17-22-39-27/h3-23H2,1-2H3. The van der Waals surface area contributed by atoms with E-state index >= 15 is 0 Å². The Labute approximate surface area is 304 Å². The molecular weight excluding hydrogens is 729 g/mol. The Kier molecular flexibility index (Phi) is 24.5. The third kappa shape index (κ3) is 18.0. The minimum absolute atomic E-state index is 0.235. The van der Waals surface area contributed by atoms with Crippen molar-refractivity contribution < 1.29 is 23.7 Å². The van der Waals surface area contributed by atoms with E-state index in [0.717, 1.165) is 36.9 Å². The summed E-state index contributed by atoms with van der Waals surface area (Å²) < 4.78 is 31.6. The molecule has 0 fully saturated rings. The maximum atomic E-state index is 11.1. The van der Waals surface area contributed by atoms with Gasteiger partial charge >= 0.3 is 0 Å². The first kappa shape index (κ1) is 40.3. The Balaban J connectivity index is 1.54. The maximum absolute atomic E-state index is 11.1. The highest BCUT2D eigenvalue weighted by Gasteiger charge is 2.30. The monoisotopic (exact) mass is 776 g/mol. The molecule has 0 amide bonds. The summed E-state index contributed by atoms with van der Waals surface area (Å²) in [5.74, 6) is 5.23. The third-order valence-electron chi connectivity index (χ3n) is 6.09. The minimum atomic E-state index is 0.235. The summed E-state index contributed by atoms with van der Waals surface area (Å²) in [4.78, 5) is 11.1. The fourth-order valence-corrected chi connectivity index (χ4v) is 16.5. The Hall–Kier alpha value is 1.88. The van der Waals surface area contributed by atoms with Crippen molar-refractivity contribution in [1.82, 2.24) is 0 Å². The van der Waals surface area contributed by atoms with Gasteiger partial charge in [-0.1, -0.05) is 97.8 Å². The zero-order valence-corrected chi connectivity index (χ0v) is 33.4. The van der Waals surface area contributed by atoms with Crippen LogP contribution in [0.2, 0.25) is 0 Å². The number of hydrogen-bond acceptors (Lipinski definition) is 14. The molecule has 0 atom stereocenters. The molecule has 0 aromatic heterocycles. The first-order valence-corrected chi connectivity index (χ1v) is 23.8. The highest BCUT2D eigenvalue weighted by Crippen LogP contribution is 2.66. The molecule has 3 heterocycles. The highest BCUT2D eigenvalue weighted by atomic mass is 32.3. The van der Waals surface area contributed by atoms with Crippen molar-refractivity contribution >= 4 is 111 Å².